The van der Waals surface area contributed by atoms with Gasteiger partial charge in [0.1, 0.15) is 0 Å². The topological polar surface area (TPSA) is 64.0 Å². The molecule has 5 nitrogen and oxygen atoms in total. The summed E-state index contributed by atoms with van der Waals surface area (Å²) < 4.78 is 1.57. The highest BCUT2D eigenvalue weighted by Crippen LogP contribution is 2.22. The van der Waals surface area contributed by atoms with Gasteiger partial charge >= 0.3 is 0 Å². The van der Waals surface area contributed by atoms with Gasteiger partial charge in [-0.05, 0) is 48.6 Å². The zero-order chi connectivity index (χ0) is 19.4. The maximum absolute atomic E-state index is 12.4. The lowest BCUT2D eigenvalue weighted by Gasteiger charge is -2.12. The van der Waals surface area contributed by atoms with E-state index in [4.69, 9.17) is 0 Å². The van der Waals surface area contributed by atoms with E-state index in [1.807, 2.05) is 37.3 Å². The summed E-state index contributed by atoms with van der Waals surface area (Å²) in [6.45, 7) is 6.77. The fourth-order valence-corrected chi connectivity index (χ4v) is 3.07. The van der Waals surface area contributed by atoms with E-state index >= 15 is 0 Å². The summed E-state index contributed by atoms with van der Waals surface area (Å²) in [4.78, 5) is 29.0. The van der Waals surface area contributed by atoms with E-state index in [2.05, 4.69) is 30.2 Å². The van der Waals surface area contributed by atoms with Crippen molar-refractivity contribution in [2.24, 2.45) is 0 Å². The largest absolute Gasteiger partial charge is 0.326 e. The highest BCUT2D eigenvalue weighted by atomic mass is 16.1. The van der Waals surface area contributed by atoms with Crippen LogP contribution in [0.2, 0.25) is 0 Å². The van der Waals surface area contributed by atoms with E-state index in [-0.39, 0.29) is 11.5 Å². The van der Waals surface area contributed by atoms with Crippen LogP contribution in [0.5, 0.6) is 0 Å². The van der Waals surface area contributed by atoms with Crippen molar-refractivity contribution in [2.45, 2.75) is 46.1 Å². The number of aromatic nitrogens is 2. The average Bonchev–Trinajstić information content (AvgIpc) is 2.65. The van der Waals surface area contributed by atoms with Crippen molar-refractivity contribution in [3.8, 4) is 0 Å². The monoisotopic (exact) mass is 363 g/mol. The van der Waals surface area contributed by atoms with Crippen LogP contribution in [-0.4, -0.2) is 15.5 Å². The maximum Gasteiger partial charge on any atom is 0.261 e. The smallest absolute Gasteiger partial charge is 0.261 e. The van der Waals surface area contributed by atoms with Gasteiger partial charge in [-0.3, -0.25) is 14.2 Å². The van der Waals surface area contributed by atoms with Crippen molar-refractivity contribution in [1.29, 1.82) is 0 Å². The number of carbonyl (C=O) groups is 1. The number of nitrogens with zero attached hydrogens (tertiary/aromatic N) is 2. The van der Waals surface area contributed by atoms with Gasteiger partial charge in [0.25, 0.3) is 5.56 Å². The molecular weight excluding hydrogens is 338 g/mol. The fourth-order valence-electron chi connectivity index (χ4n) is 3.07. The Morgan fingerprint density at radius 3 is 2.70 bits per heavy atom. The lowest BCUT2D eigenvalue weighted by atomic mass is 10.0. The first kappa shape index (κ1) is 18.8. The van der Waals surface area contributed by atoms with Crippen LogP contribution in [0.1, 0.15) is 43.7 Å². The molecule has 1 amide bonds. The molecule has 0 radical (unpaired) electrons. The van der Waals surface area contributed by atoms with Gasteiger partial charge in [-0.25, -0.2) is 4.98 Å². The van der Waals surface area contributed by atoms with Crippen LogP contribution in [0.15, 0.2) is 53.6 Å². The molecule has 0 atom stereocenters. The van der Waals surface area contributed by atoms with E-state index < -0.39 is 0 Å². The third kappa shape index (κ3) is 4.42. The molecule has 1 N–H and O–H groups in total. The Kier molecular flexibility index (Phi) is 5.69. The molecular formula is C22H25N3O2. The number of para-hydroxylation sites is 1. The fraction of sp³-hybridized carbons (Fsp3) is 0.318. The normalized spacial score (nSPS) is 11.1. The van der Waals surface area contributed by atoms with Gasteiger partial charge in [0.15, 0.2) is 0 Å². The molecule has 0 spiro atoms. The van der Waals surface area contributed by atoms with Gasteiger partial charge in [-0.15, -0.1) is 0 Å². The van der Waals surface area contributed by atoms with Crippen LogP contribution in [0, 0.1) is 6.92 Å². The molecule has 27 heavy (non-hydrogen) atoms. The molecule has 0 aliphatic heterocycles. The van der Waals surface area contributed by atoms with Crippen molar-refractivity contribution in [2.75, 3.05) is 5.32 Å². The predicted octanol–water partition coefficient (Wildman–Crippen LogP) is 4.25. The number of hydrogen-bond donors (Lipinski definition) is 1. The molecule has 1 aromatic heterocycles. The summed E-state index contributed by atoms with van der Waals surface area (Å²) in [5.41, 5.74) is 3.78. The van der Waals surface area contributed by atoms with Crippen LogP contribution in [0.3, 0.4) is 0 Å². The number of carbonyl (C=O) groups excluding carboxylic acids is 1. The molecule has 5 heteroatoms. The lowest BCUT2D eigenvalue weighted by Crippen LogP contribution is -2.21. The van der Waals surface area contributed by atoms with E-state index in [0.717, 1.165) is 11.3 Å². The first-order chi connectivity index (χ1) is 13.0. The third-order valence-corrected chi connectivity index (χ3v) is 4.73. The van der Waals surface area contributed by atoms with Gasteiger partial charge in [-0.2, -0.15) is 0 Å². The molecule has 0 saturated carbocycles. The van der Waals surface area contributed by atoms with Gasteiger partial charge in [0, 0.05) is 18.7 Å². The number of anilines is 1. The van der Waals surface area contributed by atoms with Crippen LogP contribution in [0.4, 0.5) is 5.69 Å². The minimum atomic E-state index is -0.0684. The van der Waals surface area contributed by atoms with Crippen molar-refractivity contribution in [3.05, 3.63) is 70.3 Å². The van der Waals surface area contributed by atoms with Gasteiger partial charge in [0.2, 0.25) is 5.91 Å². The van der Waals surface area contributed by atoms with Gasteiger partial charge in [-0.1, -0.05) is 38.1 Å². The van der Waals surface area contributed by atoms with Crippen LogP contribution < -0.4 is 10.9 Å². The van der Waals surface area contributed by atoms with Crippen LogP contribution >= 0.6 is 0 Å². The molecule has 3 rings (SSSR count). The second-order valence-electron chi connectivity index (χ2n) is 7.14. The number of rotatable bonds is 6. The minimum absolute atomic E-state index is 0.0443. The van der Waals surface area contributed by atoms with Gasteiger partial charge in [0.05, 0.1) is 17.2 Å². The molecule has 0 saturated heterocycles. The molecule has 140 valence electrons. The second kappa shape index (κ2) is 8.16. The summed E-state index contributed by atoms with van der Waals surface area (Å²) in [6.07, 6.45) is 2.48. The molecule has 0 aliphatic carbocycles. The van der Waals surface area contributed by atoms with E-state index in [1.165, 1.54) is 5.56 Å². The highest BCUT2D eigenvalue weighted by Gasteiger charge is 2.08. The quantitative estimate of drug-likeness (QED) is 0.712. The van der Waals surface area contributed by atoms with Crippen molar-refractivity contribution in [1.82, 2.24) is 9.55 Å². The number of amides is 1. The summed E-state index contributed by atoms with van der Waals surface area (Å²) in [7, 11) is 0. The van der Waals surface area contributed by atoms with Crippen molar-refractivity contribution >= 4 is 22.5 Å². The number of hydrogen-bond acceptors (Lipinski definition) is 3. The number of fused-ring (bicyclic) bond motifs is 1. The average molecular weight is 363 g/mol. The number of aryl methyl sites for hydroxylation is 2. The third-order valence-electron chi connectivity index (χ3n) is 4.73. The molecule has 0 bridgehead atoms. The van der Waals surface area contributed by atoms with Crippen LogP contribution in [0.25, 0.3) is 10.9 Å². The van der Waals surface area contributed by atoms with E-state index in [0.29, 0.717) is 36.2 Å². The Bertz CT molecular complexity index is 1020. The molecule has 2 aromatic carbocycles. The first-order valence-electron chi connectivity index (χ1n) is 9.30. The molecule has 0 unspecified atom stereocenters. The Morgan fingerprint density at radius 2 is 1.96 bits per heavy atom. The maximum atomic E-state index is 12.4. The molecule has 1 heterocycles. The Morgan fingerprint density at radius 1 is 1.19 bits per heavy atom. The van der Waals surface area contributed by atoms with E-state index in [9.17, 15) is 9.59 Å². The summed E-state index contributed by atoms with van der Waals surface area (Å²) in [6, 6.07) is 13.4. The Hall–Kier alpha value is -2.95. The summed E-state index contributed by atoms with van der Waals surface area (Å²) in [5.74, 6) is 0.416. The van der Waals surface area contributed by atoms with E-state index in [1.54, 1.807) is 17.0 Å². The number of nitrogens with one attached hydrogen (secondary N) is 1. The molecule has 0 fully saturated rings. The summed E-state index contributed by atoms with van der Waals surface area (Å²) in [5, 5.41) is 3.57. The zero-order valence-electron chi connectivity index (χ0n) is 16.0. The Balaban J connectivity index is 1.59. The Labute approximate surface area is 159 Å². The first-order valence-corrected chi connectivity index (χ1v) is 9.30. The molecule has 3 aromatic rings. The lowest BCUT2D eigenvalue weighted by molar-refractivity contribution is -0.116. The van der Waals surface area contributed by atoms with Crippen molar-refractivity contribution < 1.29 is 4.79 Å². The molecule has 0 aliphatic rings. The zero-order valence-corrected chi connectivity index (χ0v) is 16.0. The van der Waals surface area contributed by atoms with Crippen LogP contribution in [-0.2, 0) is 11.3 Å². The SMILES string of the molecule is Cc1cc(C(C)C)ccc1NC(=O)CCCn1cnc2ccccc2c1=O. The highest BCUT2D eigenvalue weighted by molar-refractivity contribution is 5.91. The van der Waals surface area contributed by atoms with Crippen molar-refractivity contribution in [3.63, 3.8) is 0 Å². The second-order valence-corrected chi connectivity index (χ2v) is 7.14. The summed E-state index contributed by atoms with van der Waals surface area (Å²) >= 11 is 0. The number of benzene rings is 2. The van der Waals surface area contributed by atoms with Gasteiger partial charge < -0.3 is 5.32 Å². The minimum Gasteiger partial charge on any atom is -0.326 e. The standard InChI is InChI=1S/C22H25N3O2/c1-15(2)17-10-11-19(16(3)13-17)24-21(26)9-6-12-25-14-23-20-8-5-4-7-18(20)22(25)27/h4-5,7-8,10-11,13-15H,6,9,12H2,1-3H3,(H,24,26). The predicted molar refractivity (Wildman–Crippen MR) is 109 cm³/mol.